The molecule has 0 unspecified atom stereocenters. The van der Waals surface area contributed by atoms with Crippen LogP contribution in [0.3, 0.4) is 0 Å². The molecule has 0 bridgehead atoms. The molecule has 1 aliphatic rings. The minimum absolute atomic E-state index is 0.0222. The van der Waals surface area contributed by atoms with E-state index in [1.807, 2.05) is 0 Å². The fourth-order valence-electron chi connectivity index (χ4n) is 3.56. The van der Waals surface area contributed by atoms with Crippen LogP contribution in [0.4, 0.5) is 0 Å². The third-order valence-corrected chi connectivity index (χ3v) is 6.16. The number of methoxy groups -OCH3 is 1. The molecule has 1 aromatic rings. The van der Waals surface area contributed by atoms with Crippen LogP contribution >= 0.6 is 34.8 Å². The monoisotopic (exact) mass is 636 g/mol. The average molecular weight is 638 g/mol. The van der Waals surface area contributed by atoms with Gasteiger partial charge in [0.2, 0.25) is 0 Å². The van der Waals surface area contributed by atoms with Crippen LogP contribution in [0.25, 0.3) is 0 Å². The Morgan fingerprint density at radius 2 is 1.59 bits per heavy atom. The number of ether oxygens (including phenoxy) is 4. The van der Waals surface area contributed by atoms with Gasteiger partial charge in [0.05, 0.1) is 73.0 Å². The SMILES string of the molecule is CCOC(=O)C1=C(COCCOCCN)NC(C)=C(C(=O)OC)[C@H]1c1cc(Cl)cc(Cl)c1Cl.O=C(O)/C=C/C(=O)O. The number of hydrogen-bond acceptors (Lipinski definition) is 10. The maximum absolute atomic E-state index is 13.1. The zero-order valence-electron chi connectivity index (χ0n) is 22.5. The minimum Gasteiger partial charge on any atom is -0.478 e. The Labute approximate surface area is 251 Å². The van der Waals surface area contributed by atoms with E-state index in [0.717, 1.165) is 0 Å². The molecule has 0 fully saturated rings. The number of esters is 2. The Kier molecular flexibility index (Phi) is 16.1. The highest BCUT2D eigenvalue weighted by atomic mass is 35.5. The van der Waals surface area contributed by atoms with Crippen molar-refractivity contribution < 1.29 is 48.3 Å². The smallest absolute Gasteiger partial charge is 0.336 e. The van der Waals surface area contributed by atoms with Crippen molar-refractivity contribution in [2.75, 3.05) is 46.7 Å². The van der Waals surface area contributed by atoms with Gasteiger partial charge in [-0.25, -0.2) is 19.2 Å². The fourth-order valence-corrected chi connectivity index (χ4v) is 4.29. The third kappa shape index (κ3) is 11.3. The summed E-state index contributed by atoms with van der Waals surface area (Å²) in [6, 6.07) is 3.03. The highest BCUT2D eigenvalue weighted by Crippen LogP contribution is 2.44. The van der Waals surface area contributed by atoms with Crippen LogP contribution in [-0.2, 0) is 38.1 Å². The van der Waals surface area contributed by atoms with E-state index in [-0.39, 0.29) is 46.0 Å². The summed E-state index contributed by atoms with van der Waals surface area (Å²) in [5.41, 5.74) is 6.96. The molecule has 1 heterocycles. The standard InChI is InChI=1S/C22H27Cl3N2O6.C4H4O4/c1-4-33-22(29)19-16(11-32-8-7-31-6-5-26)27-12(2)17(21(28)30-3)18(19)14-9-13(23)10-15(24)20(14)25;5-3(6)1-2-4(7)8/h9-10,18,27H,4-8,11,26H2,1-3H3;1-2H,(H,5,6)(H,7,8)/b;2-1+/t18-;/m1./s1. The molecule has 5 N–H and O–H groups in total. The molecule has 0 radical (unpaired) electrons. The van der Waals surface area contributed by atoms with Gasteiger partial charge >= 0.3 is 23.9 Å². The van der Waals surface area contributed by atoms with E-state index >= 15 is 0 Å². The van der Waals surface area contributed by atoms with Crippen LogP contribution in [0.1, 0.15) is 25.3 Å². The maximum Gasteiger partial charge on any atom is 0.336 e. The van der Waals surface area contributed by atoms with Crippen molar-refractivity contribution in [1.82, 2.24) is 5.32 Å². The van der Waals surface area contributed by atoms with Gasteiger partial charge in [-0.2, -0.15) is 0 Å². The number of aliphatic carboxylic acids is 2. The van der Waals surface area contributed by atoms with Crippen molar-refractivity contribution in [3.05, 3.63) is 67.5 Å². The molecule has 226 valence electrons. The van der Waals surface area contributed by atoms with Gasteiger partial charge in [-0.3, -0.25) is 0 Å². The molecule has 1 atom stereocenters. The highest BCUT2D eigenvalue weighted by Gasteiger charge is 2.40. The number of nitrogens with one attached hydrogen (secondary N) is 1. The minimum atomic E-state index is -1.26. The van der Waals surface area contributed by atoms with Gasteiger partial charge in [0.15, 0.2) is 0 Å². The number of carboxylic acid groups (broad SMARTS) is 2. The number of nitrogens with two attached hydrogens (primary N) is 1. The lowest BCUT2D eigenvalue weighted by atomic mass is 9.80. The second kappa shape index (κ2) is 18.3. The first-order valence-electron chi connectivity index (χ1n) is 12.0. The van der Waals surface area contributed by atoms with E-state index in [4.69, 9.17) is 69.7 Å². The number of rotatable bonds is 13. The van der Waals surface area contributed by atoms with Crippen LogP contribution in [-0.4, -0.2) is 80.8 Å². The summed E-state index contributed by atoms with van der Waals surface area (Å²) in [7, 11) is 1.25. The molecular formula is C26H31Cl3N2O10. The lowest BCUT2D eigenvalue weighted by Gasteiger charge is -2.32. The predicted octanol–water partition coefficient (Wildman–Crippen LogP) is 3.30. The van der Waals surface area contributed by atoms with E-state index in [9.17, 15) is 19.2 Å². The second-order valence-corrected chi connectivity index (χ2v) is 9.18. The number of carboxylic acids is 2. The average Bonchev–Trinajstić information content (AvgIpc) is 2.91. The lowest BCUT2D eigenvalue weighted by Crippen LogP contribution is -2.35. The summed E-state index contributed by atoms with van der Waals surface area (Å²) in [5.74, 6) is -4.75. The Hall–Kier alpha value is -3.13. The van der Waals surface area contributed by atoms with E-state index in [1.54, 1.807) is 19.9 Å². The van der Waals surface area contributed by atoms with E-state index < -0.39 is 29.8 Å². The molecule has 15 heteroatoms. The van der Waals surface area contributed by atoms with Crippen LogP contribution in [0.15, 0.2) is 46.8 Å². The number of allylic oxidation sites excluding steroid dienone is 1. The lowest BCUT2D eigenvalue weighted by molar-refractivity contribution is -0.139. The number of halogens is 3. The van der Waals surface area contributed by atoms with Crippen LogP contribution < -0.4 is 11.1 Å². The fraction of sp³-hybridized carbons (Fsp3) is 0.385. The highest BCUT2D eigenvalue weighted by molar-refractivity contribution is 6.43. The van der Waals surface area contributed by atoms with Gasteiger partial charge in [-0.05, 0) is 31.5 Å². The predicted molar refractivity (Wildman–Crippen MR) is 151 cm³/mol. The summed E-state index contributed by atoms with van der Waals surface area (Å²) < 4.78 is 21.3. The number of benzene rings is 1. The molecule has 0 spiro atoms. The van der Waals surface area contributed by atoms with Gasteiger partial charge < -0.3 is 40.2 Å². The van der Waals surface area contributed by atoms with Gasteiger partial charge in [-0.1, -0.05) is 34.8 Å². The Morgan fingerprint density at radius 3 is 2.12 bits per heavy atom. The van der Waals surface area contributed by atoms with E-state index in [1.165, 1.54) is 13.2 Å². The maximum atomic E-state index is 13.1. The van der Waals surface area contributed by atoms with Crippen LogP contribution in [0, 0.1) is 0 Å². The molecule has 0 saturated heterocycles. The molecule has 1 aliphatic heterocycles. The van der Waals surface area contributed by atoms with Crippen LogP contribution in [0.5, 0.6) is 0 Å². The van der Waals surface area contributed by atoms with Crippen molar-refractivity contribution >= 4 is 58.7 Å². The summed E-state index contributed by atoms with van der Waals surface area (Å²) in [6.45, 7) is 4.93. The first kappa shape index (κ1) is 35.9. The van der Waals surface area contributed by atoms with Crippen molar-refractivity contribution in [2.24, 2.45) is 5.73 Å². The Bertz CT molecular complexity index is 1200. The first-order chi connectivity index (χ1) is 19.4. The molecule has 41 heavy (non-hydrogen) atoms. The van der Waals surface area contributed by atoms with Crippen molar-refractivity contribution in [1.29, 1.82) is 0 Å². The Balaban J connectivity index is 0.000000915. The molecule has 0 aromatic heterocycles. The third-order valence-electron chi connectivity index (χ3n) is 5.13. The topological polar surface area (TPSA) is 184 Å². The number of hydrogen-bond donors (Lipinski definition) is 4. The first-order valence-corrected chi connectivity index (χ1v) is 13.1. The molecule has 0 amide bonds. The number of carbonyl (C=O) groups excluding carboxylic acids is 2. The molecule has 2 rings (SSSR count). The van der Waals surface area contributed by atoms with E-state index in [0.29, 0.717) is 48.9 Å². The summed E-state index contributed by atoms with van der Waals surface area (Å²) in [6.07, 6.45) is 1.12. The van der Waals surface area contributed by atoms with Crippen molar-refractivity contribution in [3.8, 4) is 0 Å². The van der Waals surface area contributed by atoms with Gasteiger partial charge in [0, 0.05) is 29.4 Å². The molecular weight excluding hydrogens is 607 g/mol. The zero-order chi connectivity index (χ0) is 31.1. The Morgan fingerprint density at radius 1 is 0.976 bits per heavy atom. The van der Waals surface area contributed by atoms with Crippen LogP contribution in [0.2, 0.25) is 15.1 Å². The molecule has 0 aliphatic carbocycles. The van der Waals surface area contributed by atoms with Gasteiger partial charge in [0.25, 0.3) is 0 Å². The van der Waals surface area contributed by atoms with Crippen molar-refractivity contribution in [2.45, 2.75) is 19.8 Å². The van der Waals surface area contributed by atoms with Gasteiger partial charge in [-0.15, -0.1) is 0 Å². The molecule has 1 aromatic carbocycles. The number of dihydropyridines is 1. The number of carbonyl (C=O) groups is 4. The van der Waals surface area contributed by atoms with E-state index in [2.05, 4.69) is 5.32 Å². The molecule has 0 saturated carbocycles. The largest absolute Gasteiger partial charge is 0.478 e. The quantitative estimate of drug-likeness (QED) is 0.107. The second-order valence-electron chi connectivity index (χ2n) is 7.96. The zero-order valence-corrected chi connectivity index (χ0v) is 24.8. The molecule has 12 nitrogen and oxygen atoms in total. The summed E-state index contributed by atoms with van der Waals surface area (Å²) in [4.78, 5) is 45.0. The summed E-state index contributed by atoms with van der Waals surface area (Å²) >= 11 is 19.0. The normalized spacial score (nSPS) is 14.8. The van der Waals surface area contributed by atoms with Gasteiger partial charge in [0.1, 0.15) is 0 Å². The van der Waals surface area contributed by atoms with Crippen molar-refractivity contribution in [3.63, 3.8) is 0 Å². The summed E-state index contributed by atoms with van der Waals surface area (Å²) in [5, 5.41) is 19.3.